The molecule has 0 amide bonds. The lowest BCUT2D eigenvalue weighted by atomic mass is 9.89. The number of benzene rings is 2. The molecule has 0 aromatic heterocycles. The quantitative estimate of drug-likeness (QED) is 0.338. The Labute approximate surface area is 232 Å². The second-order valence-electron chi connectivity index (χ2n) is 8.99. The number of rotatable bonds is 10. The normalized spacial score (nSPS) is 22.5. The molecule has 3 rings (SSSR count). The Morgan fingerprint density at radius 1 is 0.974 bits per heavy atom. The summed E-state index contributed by atoms with van der Waals surface area (Å²) in [4.78, 5) is 35.4. The van der Waals surface area contributed by atoms with Crippen LogP contribution in [0.15, 0.2) is 36.4 Å². The van der Waals surface area contributed by atoms with Crippen LogP contribution in [0.3, 0.4) is 0 Å². The molecule has 0 bridgehead atoms. The molecule has 1 fully saturated rings. The van der Waals surface area contributed by atoms with E-state index in [2.05, 4.69) is 0 Å². The Morgan fingerprint density at radius 2 is 1.62 bits per heavy atom. The highest BCUT2D eigenvalue weighted by molar-refractivity contribution is 6.32. The number of methoxy groups -OCH3 is 1. The zero-order valence-corrected chi connectivity index (χ0v) is 23.2. The molecular weight excluding hydrogens is 532 g/mol. The van der Waals surface area contributed by atoms with Crippen LogP contribution in [0.2, 0.25) is 5.02 Å². The largest absolute Gasteiger partial charge is 0.495 e. The van der Waals surface area contributed by atoms with Gasteiger partial charge in [-0.3, -0.25) is 14.4 Å². The van der Waals surface area contributed by atoms with Gasteiger partial charge < -0.3 is 33.5 Å². The van der Waals surface area contributed by atoms with Gasteiger partial charge in [0, 0.05) is 20.8 Å². The number of hydrogen-bond acceptors (Lipinski definition) is 10. The molecule has 5 atom stereocenters. The second kappa shape index (κ2) is 13.6. The van der Waals surface area contributed by atoms with Crippen molar-refractivity contribution >= 4 is 29.5 Å². The van der Waals surface area contributed by atoms with E-state index in [0.717, 1.165) is 11.3 Å². The number of ether oxygens (including phenoxy) is 6. The maximum atomic E-state index is 12.1. The topological polar surface area (TPSA) is 127 Å². The van der Waals surface area contributed by atoms with Gasteiger partial charge in [-0.25, -0.2) is 0 Å². The number of hydrogen-bond donors (Lipinski definition) is 1. The predicted octanol–water partition coefficient (Wildman–Crippen LogP) is 3.57. The monoisotopic (exact) mass is 564 g/mol. The molecule has 0 saturated carbocycles. The van der Waals surface area contributed by atoms with Crippen molar-refractivity contribution in [1.29, 1.82) is 0 Å². The first-order chi connectivity index (χ1) is 18.5. The number of esters is 3. The minimum absolute atomic E-state index is 0.318. The molecule has 0 aliphatic carbocycles. The maximum absolute atomic E-state index is 12.1. The Bertz CT molecular complexity index is 1170. The van der Waals surface area contributed by atoms with Crippen LogP contribution >= 0.6 is 11.6 Å². The van der Waals surface area contributed by atoms with Crippen molar-refractivity contribution in [3.8, 4) is 11.5 Å². The van der Waals surface area contributed by atoms with Crippen molar-refractivity contribution in [3.63, 3.8) is 0 Å². The lowest BCUT2D eigenvalue weighted by Gasteiger charge is -2.43. The van der Waals surface area contributed by atoms with Crippen molar-refractivity contribution in [1.82, 2.24) is 0 Å². The number of halogens is 1. The van der Waals surface area contributed by atoms with E-state index in [-0.39, 0.29) is 6.61 Å². The van der Waals surface area contributed by atoms with Gasteiger partial charge in [0.05, 0.1) is 18.7 Å². The Hall–Kier alpha value is -3.34. The summed E-state index contributed by atoms with van der Waals surface area (Å²) in [6, 6.07) is 11.0. The van der Waals surface area contributed by atoms with Crippen molar-refractivity contribution in [3.05, 3.63) is 58.1 Å². The molecule has 1 saturated heterocycles. The zero-order valence-electron chi connectivity index (χ0n) is 22.5. The van der Waals surface area contributed by atoms with Gasteiger partial charge in [-0.2, -0.15) is 0 Å². The molecule has 212 valence electrons. The molecule has 0 radical (unpaired) electrons. The number of aliphatic hydroxyl groups is 1. The third kappa shape index (κ3) is 7.84. The van der Waals surface area contributed by atoms with E-state index in [4.69, 9.17) is 40.0 Å². The van der Waals surface area contributed by atoms with Crippen LogP contribution in [0.1, 0.15) is 50.5 Å². The van der Waals surface area contributed by atoms with Crippen LogP contribution < -0.4 is 9.47 Å². The molecule has 11 heteroatoms. The van der Waals surface area contributed by atoms with Gasteiger partial charge in [-0.1, -0.05) is 29.8 Å². The molecule has 1 aliphatic rings. The minimum atomic E-state index is -1.45. The molecule has 10 nitrogen and oxygen atoms in total. The van der Waals surface area contributed by atoms with Crippen molar-refractivity contribution in [2.75, 3.05) is 20.3 Å². The van der Waals surface area contributed by atoms with E-state index >= 15 is 0 Å². The smallest absolute Gasteiger partial charge is 0.303 e. The van der Waals surface area contributed by atoms with Gasteiger partial charge in [0.1, 0.15) is 36.4 Å². The molecule has 1 aliphatic heterocycles. The highest BCUT2D eigenvalue weighted by Crippen LogP contribution is 2.40. The van der Waals surface area contributed by atoms with Gasteiger partial charge in [-0.15, -0.1) is 0 Å². The lowest BCUT2D eigenvalue weighted by molar-refractivity contribution is -0.249. The van der Waals surface area contributed by atoms with Gasteiger partial charge >= 0.3 is 17.9 Å². The summed E-state index contributed by atoms with van der Waals surface area (Å²) in [7, 11) is 1.46. The SMILES string of the molecule is CCOc1ccc(Cc2cc([C@@H]3O[C@H](COC(C)=O)[C@@H](O)C(OC(C)=O)[C@H]3OC(C)=O)cc(OC)c2Cl)cc1. The third-order valence-electron chi connectivity index (χ3n) is 6.03. The molecule has 2 aromatic rings. The maximum Gasteiger partial charge on any atom is 0.303 e. The van der Waals surface area contributed by atoms with Crippen LogP contribution in [0, 0.1) is 0 Å². The highest BCUT2D eigenvalue weighted by Gasteiger charge is 2.50. The van der Waals surface area contributed by atoms with Gasteiger partial charge in [-0.05, 0) is 48.2 Å². The van der Waals surface area contributed by atoms with Crippen molar-refractivity contribution in [2.45, 2.75) is 64.6 Å². The van der Waals surface area contributed by atoms with Crippen molar-refractivity contribution in [2.24, 2.45) is 0 Å². The average molecular weight is 565 g/mol. The Kier molecular flexibility index (Phi) is 10.6. The first-order valence-electron chi connectivity index (χ1n) is 12.4. The van der Waals surface area contributed by atoms with Crippen LogP contribution in [0.5, 0.6) is 11.5 Å². The first kappa shape index (κ1) is 30.2. The Balaban J connectivity index is 2.06. The summed E-state index contributed by atoms with van der Waals surface area (Å²) >= 11 is 6.66. The summed E-state index contributed by atoms with van der Waals surface area (Å²) in [5, 5.41) is 11.3. The third-order valence-corrected chi connectivity index (χ3v) is 6.46. The molecule has 2 aromatic carbocycles. The van der Waals surface area contributed by atoms with Gasteiger partial charge in [0.2, 0.25) is 0 Å². The summed E-state index contributed by atoms with van der Waals surface area (Å²) < 4.78 is 33.1. The highest BCUT2D eigenvalue weighted by atomic mass is 35.5. The minimum Gasteiger partial charge on any atom is -0.495 e. The fourth-order valence-electron chi connectivity index (χ4n) is 4.39. The van der Waals surface area contributed by atoms with E-state index in [0.29, 0.717) is 34.9 Å². The fourth-order valence-corrected chi connectivity index (χ4v) is 4.64. The Morgan fingerprint density at radius 3 is 2.18 bits per heavy atom. The van der Waals surface area contributed by atoms with E-state index in [1.54, 1.807) is 12.1 Å². The predicted molar refractivity (Wildman–Crippen MR) is 140 cm³/mol. The average Bonchev–Trinajstić information content (AvgIpc) is 2.87. The number of carbonyl (C=O) groups is 3. The summed E-state index contributed by atoms with van der Waals surface area (Å²) in [5.74, 6) is -0.876. The van der Waals surface area contributed by atoms with Crippen molar-refractivity contribution < 1.29 is 47.9 Å². The van der Waals surface area contributed by atoms with Gasteiger partial charge in [0.15, 0.2) is 12.2 Å². The summed E-state index contributed by atoms with van der Waals surface area (Å²) in [6.45, 7) is 5.72. The van der Waals surface area contributed by atoms with Crippen LogP contribution in [-0.2, 0) is 39.8 Å². The number of aliphatic hydroxyl groups excluding tert-OH is 1. The van der Waals surface area contributed by atoms with E-state index in [9.17, 15) is 19.5 Å². The zero-order chi connectivity index (χ0) is 28.7. The summed E-state index contributed by atoms with van der Waals surface area (Å²) in [6.07, 6.45) is -5.68. The molecule has 1 N–H and O–H groups in total. The molecule has 1 heterocycles. The molecule has 1 unspecified atom stereocenters. The van der Waals surface area contributed by atoms with E-state index in [1.807, 2.05) is 31.2 Å². The van der Waals surface area contributed by atoms with E-state index in [1.165, 1.54) is 27.9 Å². The van der Waals surface area contributed by atoms with Crippen LogP contribution in [-0.4, -0.2) is 67.8 Å². The number of carbonyl (C=O) groups excluding carboxylic acids is 3. The van der Waals surface area contributed by atoms with Crippen LogP contribution in [0.25, 0.3) is 0 Å². The lowest BCUT2D eigenvalue weighted by Crippen LogP contribution is -2.58. The second-order valence-corrected chi connectivity index (χ2v) is 9.36. The first-order valence-corrected chi connectivity index (χ1v) is 12.8. The molecular formula is C28H33ClO10. The van der Waals surface area contributed by atoms with Gasteiger partial charge in [0.25, 0.3) is 0 Å². The molecule has 39 heavy (non-hydrogen) atoms. The fraction of sp³-hybridized carbons (Fsp3) is 0.464. The van der Waals surface area contributed by atoms with Crippen LogP contribution in [0.4, 0.5) is 0 Å². The van der Waals surface area contributed by atoms with E-state index < -0.39 is 48.4 Å². The standard InChI is InChI=1S/C28H33ClO10/c1-6-35-21-9-7-18(8-10-21)11-19-12-20(13-22(34-5)24(19)29)26-28(38-17(4)32)27(37-16(3)31)25(33)23(39-26)14-36-15(2)30/h7-10,12-13,23,25-28,33H,6,11,14H2,1-5H3/t23-,25-,26+,27?,28+/m1/s1. The summed E-state index contributed by atoms with van der Waals surface area (Å²) in [5.41, 5.74) is 2.12. The molecule has 0 spiro atoms.